The third-order valence-electron chi connectivity index (χ3n) is 2.21. The lowest BCUT2D eigenvalue weighted by atomic mass is 10.1. The average molecular weight is 227 g/mol. The van der Waals surface area contributed by atoms with Crippen LogP contribution in [0.15, 0.2) is 12.2 Å². The Hall–Kier alpha value is -1.32. The van der Waals surface area contributed by atoms with Gasteiger partial charge in [0.15, 0.2) is 0 Å². The minimum atomic E-state index is -0.177. The largest absolute Gasteiger partial charge is 0.469 e. The lowest BCUT2D eigenvalue weighted by Crippen LogP contribution is -2.16. The first kappa shape index (κ1) is 14.7. The summed E-state index contributed by atoms with van der Waals surface area (Å²) in [5, 5.41) is 2.59. The Morgan fingerprint density at radius 1 is 1.12 bits per heavy atom. The number of unbranched alkanes of at least 4 members (excludes halogenated alkanes) is 2. The molecule has 4 nitrogen and oxygen atoms in total. The summed E-state index contributed by atoms with van der Waals surface area (Å²) in [7, 11) is 3.04. The van der Waals surface area contributed by atoms with Gasteiger partial charge in [-0.25, -0.2) is 0 Å². The van der Waals surface area contributed by atoms with Crippen LogP contribution in [0, 0.1) is 0 Å². The third kappa shape index (κ3) is 9.24. The van der Waals surface area contributed by atoms with Gasteiger partial charge in [-0.05, 0) is 25.7 Å². The van der Waals surface area contributed by atoms with Gasteiger partial charge in [0, 0.05) is 19.9 Å². The van der Waals surface area contributed by atoms with Gasteiger partial charge >= 0.3 is 5.97 Å². The van der Waals surface area contributed by atoms with E-state index in [1.165, 1.54) is 7.11 Å². The molecule has 0 unspecified atom stereocenters. The predicted octanol–water partition coefficient (Wildman–Crippen LogP) is 1.80. The molecule has 0 aliphatic carbocycles. The monoisotopic (exact) mass is 227 g/mol. The predicted molar refractivity (Wildman–Crippen MR) is 62.9 cm³/mol. The summed E-state index contributed by atoms with van der Waals surface area (Å²) in [6, 6.07) is 0. The maximum absolute atomic E-state index is 10.9. The summed E-state index contributed by atoms with van der Waals surface area (Å²) >= 11 is 0. The fourth-order valence-corrected chi connectivity index (χ4v) is 1.21. The molecular formula is C12H21NO3. The average Bonchev–Trinajstić information content (AvgIpc) is 2.31. The van der Waals surface area contributed by atoms with Gasteiger partial charge < -0.3 is 10.1 Å². The molecule has 0 saturated heterocycles. The molecule has 16 heavy (non-hydrogen) atoms. The minimum absolute atomic E-state index is 0.0923. The maximum atomic E-state index is 10.9. The van der Waals surface area contributed by atoms with Crippen LogP contribution in [0.3, 0.4) is 0 Å². The number of amides is 1. The van der Waals surface area contributed by atoms with Crippen molar-refractivity contribution in [1.29, 1.82) is 0 Å². The Morgan fingerprint density at radius 2 is 1.81 bits per heavy atom. The Bertz CT molecular complexity index is 236. The Balaban J connectivity index is 3.28. The van der Waals surface area contributed by atoms with Crippen molar-refractivity contribution in [1.82, 2.24) is 5.32 Å². The number of rotatable bonds is 8. The molecule has 0 aromatic heterocycles. The second-order valence-electron chi connectivity index (χ2n) is 3.51. The first-order chi connectivity index (χ1) is 7.70. The van der Waals surface area contributed by atoms with E-state index in [1.54, 1.807) is 7.05 Å². The van der Waals surface area contributed by atoms with Gasteiger partial charge in [0.25, 0.3) is 0 Å². The fraction of sp³-hybridized carbons (Fsp3) is 0.667. The maximum Gasteiger partial charge on any atom is 0.305 e. The highest BCUT2D eigenvalue weighted by Crippen LogP contribution is 2.02. The van der Waals surface area contributed by atoms with E-state index in [9.17, 15) is 9.59 Å². The molecule has 0 rings (SSSR count). The van der Waals surface area contributed by atoms with E-state index in [4.69, 9.17) is 0 Å². The van der Waals surface area contributed by atoms with E-state index >= 15 is 0 Å². The second-order valence-corrected chi connectivity index (χ2v) is 3.51. The van der Waals surface area contributed by atoms with Crippen LogP contribution in [0.2, 0.25) is 0 Å². The van der Waals surface area contributed by atoms with E-state index < -0.39 is 0 Å². The number of carbonyl (C=O) groups is 2. The molecule has 0 aliphatic rings. The van der Waals surface area contributed by atoms with Gasteiger partial charge in [0.2, 0.25) is 5.91 Å². The minimum Gasteiger partial charge on any atom is -0.469 e. The van der Waals surface area contributed by atoms with Crippen molar-refractivity contribution < 1.29 is 14.3 Å². The number of hydrogen-bond acceptors (Lipinski definition) is 3. The number of hydrogen-bond donors (Lipinski definition) is 1. The summed E-state index contributed by atoms with van der Waals surface area (Å²) in [4.78, 5) is 21.6. The summed E-state index contributed by atoms with van der Waals surface area (Å²) < 4.78 is 4.52. The first-order valence-electron chi connectivity index (χ1n) is 5.63. The molecular weight excluding hydrogens is 206 g/mol. The zero-order chi connectivity index (χ0) is 12.2. The summed E-state index contributed by atoms with van der Waals surface area (Å²) in [5.41, 5.74) is 0. The second kappa shape index (κ2) is 10.2. The van der Waals surface area contributed by atoms with Crippen molar-refractivity contribution in [2.24, 2.45) is 0 Å². The molecule has 0 fully saturated rings. The van der Waals surface area contributed by atoms with Crippen LogP contribution in [0.1, 0.15) is 38.5 Å². The molecule has 4 heteroatoms. The number of esters is 1. The van der Waals surface area contributed by atoms with Crippen LogP contribution in [0.25, 0.3) is 0 Å². The van der Waals surface area contributed by atoms with E-state index in [0.717, 1.165) is 25.7 Å². The quantitative estimate of drug-likeness (QED) is 0.391. The summed E-state index contributed by atoms with van der Waals surface area (Å²) in [6.45, 7) is 0. The molecule has 0 atom stereocenters. The van der Waals surface area contributed by atoms with E-state index in [1.807, 2.05) is 12.2 Å². The van der Waals surface area contributed by atoms with Crippen molar-refractivity contribution in [2.45, 2.75) is 38.5 Å². The first-order valence-corrected chi connectivity index (χ1v) is 5.63. The Labute approximate surface area is 97.1 Å². The highest BCUT2D eigenvalue weighted by atomic mass is 16.5. The van der Waals surface area contributed by atoms with Gasteiger partial charge in [-0.15, -0.1) is 0 Å². The van der Waals surface area contributed by atoms with E-state index in [2.05, 4.69) is 10.1 Å². The molecule has 0 aromatic rings. The van der Waals surface area contributed by atoms with Gasteiger partial charge in [0.05, 0.1) is 7.11 Å². The van der Waals surface area contributed by atoms with Crippen molar-refractivity contribution in [2.75, 3.05) is 14.2 Å². The van der Waals surface area contributed by atoms with Gasteiger partial charge in [-0.2, -0.15) is 0 Å². The van der Waals surface area contributed by atoms with Crippen molar-refractivity contribution in [3.63, 3.8) is 0 Å². The van der Waals surface area contributed by atoms with Crippen LogP contribution in [-0.2, 0) is 14.3 Å². The number of nitrogens with one attached hydrogen (secondary N) is 1. The smallest absolute Gasteiger partial charge is 0.305 e. The van der Waals surface area contributed by atoms with Crippen LogP contribution in [0.4, 0.5) is 0 Å². The molecule has 0 radical (unpaired) electrons. The zero-order valence-corrected chi connectivity index (χ0v) is 10.1. The topological polar surface area (TPSA) is 55.4 Å². The molecule has 0 spiro atoms. The van der Waals surface area contributed by atoms with E-state index in [0.29, 0.717) is 12.8 Å². The van der Waals surface area contributed by atoms with E-state index in [-0.39, 0.29) is 11.9 Å². The highest BCUT2D eigenvalue weighted by Gasteiger charge is 1.96. The molecule has 0 aromatic carbocycles. The third-order valence-corrected chi connectivity index (χ3v) is 2.21. The number of ether oxygens (including phenoxy) is 1. The molecule has 92 valence electrons. The summed E-state index contributed by atoms with van der Waals surface area (Å²) in [5.74, 6) is -0.0843. The Morgan fingerprint density at radius 3 is 2.44 bits per heavy atom. The molecule has 0 aliphatic heterocycles. The molecule has 0 bridgehead atoms. The molecule has 1 N–H and O–H groups in total. The standard InChI is InChI=1S/C12H21NO3/c1-13-11(14)9-7-5-3-4-6-8-10-12(15)16-2/h4,6H,3,5,7-10H2,1-2H3,(H,13,14)/b6-4+. The van der Waals surface area contributed by atoms with Gasteiger partial charge in [0.1, 0.15) is 0 Å². The van der Waals surface area contributed by atoms with Crippen molar-refractivity contribution in [3.8, 4) is 0 Å². The number of carbonyl (C=O) groups excluding carboxylic acids is 2. The van der Waals surface area contributed by atoms with Crippen molar-refractivity contribution >= 4 is 11.9 Å². The number of allylic oxidation sites excluding steroid dienone is 2. The number of methoxy groups -OCH3 is 1. The highest BCUT2D eigenvalue weighted by molar-refractivity contribution is 5.75. The van der Waals surface area contributed by atoms with Gasteiger partial charge in [-0.3, -0.25) is 9.59 Å². The summed E-state index contributed by atoms with van der Waals surface area (Å²) in [6.07, 6.45) is 8.64. The van der Waals surface area contributed by atoms with Crippen LogP contribution >= 0.6 is 0 Å². The van der Waals surface area contributed by atoms with Crippen LogP contribution < -0.4 is 5.32 Å². The molecule has 1 amide bonds. The molecule has 0 saturated carbocycles. The van der Waals surface area contributed by atoms with Gasteiger partial charge in [-0.1, -0.05) is 12.2 Å². The normalized spacial score (nSPS) is 10.4. The SMILES string of the molecule is CNC(=O)CCCC/C=C/CCC(=O)OC. The lowest BCUT2D eigenvalue weighted by Gasteiger charge is -1.97. The Kier molecular flexibility index (Phi) is 9.36. The van der Waals surface area contributed by atoms with Crippen LogP contribution in [0.5, 0.6) is 0 Å². The molecule has 0 heterocycles. The zero-order valence-electron chi connectivity index (χ0n) is 10.1. The fourth-order valence-electron chi connectivity index (χ4n) is 1.21. The van der Waals surface area contributed by atoms with Crippen LogP contribution in [-0.4, -0.2) is 26.0 Å². The van der Waals surface area contributed by atoms with Crippen molar-refractivity contribution in [3.05, 3.63) is 12.2 Å². The lowest BCUT2D eigenvalue weighted by molar-refractivity contribution is -0.140.